The van der Waals surface area contributed by atoms with Crippen LogP contribution in [0, 0.1) is 10.1 Å². The fourth-order valence-corrected chi connectivity index (χ4v) is 4.52. The van der Waals surface area contributed by atoms with E-state index in [4.69, 9.17) is 14.2 Å². The number of hydrogen-bond donors (Lipinski definition) is 1. The van der Waals surface area contributed by atoms with Crippen LogP contribution in [-0.2, 0) is 14.8 Å². The van der Waals surface area contributed by atoms with Crippen molar-refractivity contribution < 1.29 is 27.6 Å². The Labute approximate surface area is 173 Å². The lowest BCUT2D eigenvalue weighted by molar-refractivity contribution is -0.384. The molecular formula is C19H21N3O7S. The van der Waals surface area contributed by atoms with E-state index in [0.717, 1.165) is 5.56 Å². The first-order valence-electron chi connectivity index (χ1n) is 9.39. The van der Waals surface area contributed by atoms with E-state index < -0.39 is 14.9 Å². The van der Waals surface area contributed by atoms with Crippen LogP contribution in [0.1, 0.15) is 11.6 Å². The minimum Gasteiger partial charge on any atom is -0.454 e. The lowest BCUT2D eigenvalue weighted by Gasteiger charge is -2.35. The van der Waals surface area contributed by atoms with Crippen LogP contribution in [0.25, 0.3) is 0 Å². The number of nitro groups is 1. The predicted molar refractivity (Wildman–Crippen MR) is 106 cm³/mol. The smallest absolute Gasteiger partial charge is 0.269 e. The van der Waals surface area contributed by atoms with Crippen LogP contribution < -0.4 is 14.2 Å². The number of nitro benzene ring substituents is 1. The normalized spacial score (nSPS) is 17.6. The van der Waals surface area contributed by atoms with Gasteiger partial charge in [0.05, 0.1) is 23.0 Å². The highest BCUT2D eigenvalue weighted by Crippen LogP contribution is 2.35. The second kappa shape index (κ2) is 8.56. The zero-order chi connectivity index (χ0) is 21.1. The summed E-state index contributed by atoms with van der Waals surface area (Å²) >= 11 is 0. The largest absolute Gasteiger partial charge is 0.454 e. The molecule has 1 fully saturated rings. The molecule has 30 heavy (non-hydrogen) atoms. The van der Waals surface area contributed by atoms with Gasteiger partial charge in [0.1, 0.15) is 0 Å². The number of nitrogens with one attached hydrogen (secondary N) is 1. The molecule has 0 saturated carbocycles. The third kappa shape index (κ3) is 4.38. The average Bonchev–Trinajstić information content (AvgIpc) is 3.23. The summed E-state index contributed by atoms with van der Waals surface area (Å²) in [6.45, 7) is 2.75. The van der Waals surface area contributed by atoms with E-state index >= 15 is 0 Å². The van der Waals surface area contributed by atoms with Gasteiger partial charge in [0.2, 0.25) is 16.8 Å². The molecule has 0 amide bonds. The van der Waals surface area contributed by atoms with E-state index in [2.05, 4.69) is 9.62 Å². The number of non-ortho nitro benzene ring substituents is 1. The van der Waals surface area contributed by atoms with Gasteiger partial charge in [-0.15, -0.1) is 0 Å². The van der Waals surface area contributed by atoms with Gasteiger partial charge >= 0.3 is 0 Å². The highest BCUT2D eigenvalue weighted by Gasteiger charge is 2.27. The molecule has 1 saturated heterocycles. The van der Waals surface area contributed by atoms with Crippen molar-refractivity contribution >= 4 is 15.7 Å². The number of hydrogen-bond acceptors (Lipinski definition) is 8. The quantitative estimate of drug-likeness (QED) is 0.515. The van der Waals surface area contributed by atoms with Gasteiger partial charge in [-0.3, -0.25) is 15.0 Å². The Morgan fingerprint density at radius 3 is 2.47 bits per heavy atom. The molecule has 0 radical (unpaired) electrons. The molecule has 1 N–H and O–H groups in total. The van der Waals surface area contributed by atoms with Gasteiger partial charge in [-0.2, -0.15) is 0 Å². The van der Waals surface area contributed by atoms with Crippen molar-refractivity contribution in [1.29, 1.82) is 0 Å². The third-order valence-corrected chi connectivity index (χ3v) is 6.53. The number of ether oxygens (including phenoxy) is 3. The molecule has 0 aliphatic carbocycles. The van der Waals surface area contributed by atoms with Crippen LogP contribution in [-0.4, -0.2) is 57.9 Å². The standard InChI is InChI=1S/C19H21N3O7S/c23-22(24)15-2-4-16(5-3-15)30(25,26)20-12-17(21-7-9-27-10-8-21)14-1-6-18-19(11-14)29-13-28-18/h1-6,11,17,20H,7-10,12-13H2/t17-/m0/s1. The molecule has 2 aliphatic heterocycles. The Bertz CT molecular complexity index is 1020. The lowest BCUT2D eigenvalue weighted by Crippen LogP contribution is -2.43. The van der Waals surface area contributed by atoms with Crippen molar-refractivity contribution in [1.82, 2.24) is 9.62 Å². The molecule has 2 aromatic rings. The average molecular weight is 435 g/mol. The van der Waals surface area contributed by atoms with Gasteiger partial charge in [-0.25, -0.2) is 13.1 Å². The Morgan fingerprint density at radius 2 is 1.77 bits per heavy atom. The third-order valence-electron chi connectivity index (χ3n) is 5.09. The fourth-order valence-electron chi connectivity index (χ4n) is 3.49. The summed E-state index contributed by atoms with van der Waals surface area (Å²) in [5.74, 6) is 1.29. The summed E-state index contributed by atoms with van der Waals surface area (Å²) in [5.41, 5.74) is 0.730. The van der Waals surface area contributed by atoms with Crippen LogP contribution >= 0.6 is 0 Å². The molecule has 160 valence electrons. The van der Waals surface area contributed by atoms with Crippen LogP contribution in [0.3, 0.4) is 0 Å². The molecule has 2 aromatic carbocycles. The maximum Gasteiger partial charge on any atom is 0.269 e. The van der Waals surface area contributed by atoms with Crippen molar-refractivity contribution in [3.63, 3.8) is 0 Å². The Hall–Kier alpha value is -2.73. The summed E-state index contributed by atoms with van der Waals surface area (Å²) in [6, 6.07) is 10.1. The molecule has 1 atom stereocenters. The topological polar surface area (TPSA) is 120 Å². The molecule has 4 rings (SSSR count). The van der Waals surface area contributed by atoms with Crippen molar-refractivity contribution in [3.8, 4) is 11.5 Å². The first-order valence-corrected chi connectivity index (χ1v) is 10.9. The van der Waals surface area contributed by atoms with E-state index in [9.17, 15) is 18.5 Å². The summed E-state index contributed by atoms with van der Waals surface area (Å²) in [4.78, 5) is 12.3. The van der Waals surface area contributed by atoms with Crippen LogP contribution in [0.2, 0.25) is 0 Å². The molecule has 0 aromatic heterocycles. The number of rotatable bonds is 7. The molecule has 10 nitrogen and oxygen atoms in total. The van der Waals surface area contributed by atoms with Crippen LogP contribution in [0.5, 0.6) is 11.5 Å². The maximum atomic E-state index is 12.8. The van der Waals surface area contributed by atoms with Crippen LogP contribution in [0.4, 0.5) is 5.69 Å². The second-order valence-electron chi connectivity index (χ2n) is 6.88. The molecule has 2 aliphatic rings. The lowest BCUT2D eigenvalue weighted by atomic mass is 10.0. The second-order valence-corrected chi connectivity index (χ2v) is 8.65. The Balaban J connectivity index is 1.54. The van der Waals surface area contributed by atoms with Crippen molar-refractivity contribution in [2.75, 3.05) is 39.6 Å². The molecule has 0 bridgehead atoms. The number of benzene rings is 2. The van der Waals surface area contributed by atoms with E-state index in [0.29, 0.717) is 37.8 Å². The molecular weight excluding hydrogens is 414 g/mol. The molecule has 0 unspecified atom stereocenters. The maximum absolute atomic E-state index is 12.8. The highest BCUT2D eigenvalue weighted by atomic mass is 32.2. The summed E-state index contributed by atoms with van der Waals surface area (Å²) in [5, 5.41) is 10.8. The Morgan fingerprint density at radius 1 is 1.07 bits per heavy atom. The van der Waals surface area contributed by atoms with E-state index in [1.165, 1.54) is 24.3 Å². The minimum absolute atomic E-state index is 0.0282. The number of fused-ring (bicyclic) bond motifs is 1. The SMILES string of the molecule is O=[N+]([O-])c1ccc(S(=O)(=O)NC[C@@H](c2ccc3c(c2)OCO3)N2CCOCC2)cc1. The van der Waals surface area contributed by atoms with Crippen molar-refractivity contribution in [2.45, 2.75) is 10.9 Å². The zero-order valence-electron chi connectivity index (χ0n) is 16.0. The van der Waals surface area contributed by atoms with Gasteiger partial charge in [-0.05, 0) is 29.8 Å². The monoisotopic (exact) mass is 435 g/mol. The first kappa shape index (κ1) is 20.5. The molecule has 0 spiro atoms. The van der Waals surface area contributed by atoms with Crippen LogP contribution in [0.15, 0.2) is 47.4 Å². The van der Waals surface area contributed by atoms with Gasteiger partial charge in [0.15, 0.2) is 11.5 Å². The van der Waals surface area contributed by atoms with Gasteiger partial charge in [-0.1, -0.05) is 6.07 Å². The first-order chi connectivity index (χ1) is 14.4. The zero-order valence-corrected chi connectivity index (χ0v) is 16.8. The molecule has 2 heterocycles. The van der Waals surface area contributed by atoms with E-state index in [-0.39, 0.29) is 30.0 Å². The number of nitrogens with zero attached hydrogens (tertiary/aromatic N) is 2. The molecule has 11 heteroatoms. The summed E-state index contributed by atoms with van der Waals surface area (Å²) < 4.78 is 44.4. The summed E-state index contributed by atoms with van der Waals surface area (Å²) in [7, 11) is -3.84. The highest BCUT2D eigenvalue weighted by molar-refractivity contribution is 7.89. The van der Waals surface area contributed by atoms with E-state index in [1.807, 2.05) is 18.2 Å². The van der Waals surface area contributed by atoms with Crippen molar-refractivity contribution in [3.05, 3.63) is 58.1 Å². The van der Waals surface area contributed by atoms with Gasteiger partial charge in [0.25, 0.3) is 5.69 Å². The van der Waals surface area contributed by atoms with Gasteiger partial charge < -0.3 is 14.2 Å². The number of morpholine rings is 1. The Kier molecular flexibility index (Phi) is 5.86. The van der Waals surface area contributed by atoms with E-state index in [1.54, 1.807) is 0 Å². The minimum atomic E-state index is -3.84. The summed E-state index contributed by atoms with van der Waals surface area (Å²) in [6.07, 6.45) is 0. The van der Waals surface area contributed by atoms with Crippen molar-refractivity contribution in [2.24, 2.45) is 0 Å². The number of sulfonamides is 1. The van der Waals surface area contributed by atoms with Gasteiger partial charge in [0, 0.05) is 37.8 Å². The fraction of sp³-hybridized carbons (Fsp3) is 0.368. The predicted octanol–water partition coefficient (Wildman–Crippen LogP) is 1.68.